The monoisotopic (exact) mass is 199 g/mol. The van der Waals surface area contributed by atoms with Crippen molar-refractivity contribution in [2.45, 2.75) is 40.2 Å². The average Bonchev–Trinajstić information content (AvgIpc) is 2.01. The standard InChI is InChI=1S/C11H21NO2/c1-7-5-8(10(13)14)9(12-6-7)11(2,3)4/h7-9,12H,5-6H2,1-4H3,(H,13,14). The largest absolute Gasteiger partial charge is 0.481 e. The molecule has 3 atom stereocenters. The van der Waals surface area contributed by atoms with Crippen molar-refractivity contribution in [1.82, 2.24) is 5.32 Å². The topological polar surface area (TPSA) is 49.3 Å². The Bertz CT molecular complexity index is 220. The molecule has 1 fully saturated rings. The molecule has 0 aromatic rings. The highest BCUT2D eigenvalue weighted by atomic mass is 16.4. The van der Waals surface area contributed by atoms with Crippen molar-refractivity contribution >= 4 is 5.97 Å². The van der Waals surface area contributed by atoms with E-state index in [4.69, 9.17) is 5.11 Å². The summed E-state index contributed by atoms with van der Waals surface area (Å²) in [5, 5.41) is 12.5. The first-order valence-electron chi connectivity index (χ1n) is 5.28. The van der Waals surface area contributed by atoms with Gasteiger partial charge in [0.2, 0.25) is 0 Å². The summed E-state index contributed by atoms with van der Waals surface area (Å²) in [6.45, 7) is 9.32. The van der Waals surface area contributed by atoms with Gasteiger partial charge in [-0.25, -0.2) is 0 Å². The van der Waals surface area contributed by atoms with Crippen molar-refractivity contribution in [3.8, 4) is 0 Å². The number of carboxylic acid groups (broad SMARTS) is 1. The van der Waals surface area contributed by atoms with Gasteiger partial charge in [-0.05, 0) is 24.3 Å². The van der Waals surface area contributed by atoms with E-state index in [0.29, 0.717) is 5.92 Å². The summed E-state index contributed by atoms with van der Waals surface area (Å²) in [5.41, 5.74) is 0.0171. The first kappa shape index (κ1) is 11.5. The van der Waals surface area contributed by atoms with Crippen LogP contribution in [0.3, 0.4) is 0 Å². The number of piperidine rings is 1. The third-order valence-electron chi connectivity index (χ3n) is 3.00. The van der Waals surface area contributed by atoms with Gasteiger partial charge in [-0.15, -0.1) is 0 Å². The van der Waals surface area contributed by atoms with E-state index >= 15 is 0 Å². The fourth-order valence-electron chi connectivity index (χ4n) is 2.28. The number of nitrogens with one attached hydrogen (secondary N) is 1. The SMILES string of the molecule is CC1CNC(C(C)(C)C)C(C(=O)O)C1. The number of carboxylic acids is 1. The van der Waals surface area contributed by atoms with E-state index in [9.17, 15) is 4.79 Å². The molecule has 3 heteroatoms. The number of hydrogen-bond acceptors (Lipinski definition) is 2. The number of hydrogen-bond donors (Lipinski definition) is 2. The summed E-state index contributed by atoms with van der Waals surface area (Å²) < 4.78 is 0. The molecule has 0 aromatic heterocycles. The van der Waals surface area contributed by atoms with Crippen LogP contribution in [0.1, 0.15) is 34.1 Å². The Morgan fingerprint density at radius 3 is 2.43 bits per heavy atom. The molecule has 0 amide bonds. The van der Waals surface area contributed by atoms with Crippen molar-refractivity contribution < 1.29 is 9.90 Å². The highest BCUT2D eigenvalue weighted by molar-refractivity contribution is 5.71. The molecule has 1 heterocycles. The molecule has 0 aliphatic carbocycles. The van der Waals surface area contributed by atoms with Crippen molar-refractivity contribution in [3.63, 3.8) is 0 Å². The van der Waals surface area contributed by atoms with Gasteiger partial charge in [0.25, 0.3) is 0 Å². The zero-order chi connectivity index (χ0) is 10.9. The molecular weight excluding hydrogens is 178 g/mol. The van der Waals surface area contributed by atoms with Gasteiger partial charge in [-0.2, -0.15) is 0 Å². The van der Waals surface area contributed by atoms with Crippen LogP contribution < -0.4 is 5.32 Å². The summed E-state index contributed by atoms with van der Waals surface area (Å²) in [7, 11) is 0. The predicted molar refractivity (Wildman–Crippen MR) is 56.2 cm³/mol. The van der Waals surface area contributed by atoms with E-state index < -0.39 is 5.97 Å². The highest BCUT2D eigenvalue weighted by Crippen LogP contribution is 2.32. The lowest BCUT2D eigenvalue weighted by molar-refractivity contribution is -0.145. The maximum Gasteiger partial charge on any atom is 0.308 e. The predicted octanol–water partition coefficient (Wildman–Crippen LogP) is 1.73. The second-order valence-corrected chi connectivity index (χ2v) is 5.54. The van der Waals surface area contributed by atoms with Crippen LogP contribution in [0.2, 0.25) is 0 Å². The Labute approximate surface area is 85.9 Å². The minimum absolute atomic E-state index is 0.0171. The molecule has 1 saturated heterocycles. The minimum Gasteiger partial charge on any atom is -0.481 e. The van der Waals surface area contributed by atoms with Gasteiger partial charge in [0.05, 0.1) is 5.92 Å². The first-order valence-corrected chi connectivity index (χ1v) is 5.28. The first-order chi connectivity index (χ1) is 6.32. The van der Waals surface area contributed by atoms with E-state index in [2.05, 4.69) is 33.0 Å². The Balaban J connectivity index is 2.78. The van der Waals surface area contributed by atoms with Gasteiger partial charge in [-0.3, -0.25) is 4.79 Å². The van der Waals surface area contributed by atoms with Crippen LogP contribution in [0.5, 0.6) is 0 Å². The van der Waals surface area contributed by atoms with Crippen molar-refractivity contribution in [1.29, 1.82) is 0 Å². The van der Waals surface area contributed by atoms with Crippen LogP contribution in [-0.2, 0) is 4.79 Å². The fourth-order valence-corrected chi connectivity index (χ4v) is 2.28. The van der Waals surface area contributed by atoms with Crippen molar-refractivity contribution in [2.75, 3.05) is 6.54 Å². The van der Waals surface area contributed by atoms with Gasteiger partial charge in [0.15, 0.2) is 0 Å². The van der Waals surface area contributed by atoms with E-state index in [1.165, 1.54) is 0 Å². The molecule has 0 radical (unpaired) electrons. The van der Waals surface area contributed by atoms with Crippen LogP contribution >= 0.6 is 0 Å². The smallest absolute Gasteiger partial charge is 0.308 e. The Morgan fingerprint density at radius 2 is 2.00 bits per heavy atom. The number of rotatable bonds is 1. The average molecular weight is 199 g/mol. The zero-order valence-corrected chi connectivity index (χ0v) is 9.50. The quantitative estimate of drug-likeness (QED) is 0.676. The molecule has 0 bridgehead atoms. The normalized spacial score (nSPS) is 34.1. The molecule has 14 heavy (non-hydrogen) atoms. The van der Waals surface area contributed by atoms with Crippen molar-refractivity contribution in [3.05, 3.63) is 0 Å². The van der Waals surface area contributed by atoms with Gasteiger partial charge in [-0.1, -0.05) is 27.7 Å². The van der Waals surface area contributed by atoms with Gasteiger partial charge in [0, 0.05) is 6.04 Å². The van der Waals surface area contributed by atoms with Crippen LogP contribution in [-0.4, -0.2) is 23.7 Å². The van der Waals surface area contributed by atoms with Crippen LogP contribution in [0, 0.1) is 17.3 Å². The van der Waals surface area contributed by atoms with E-state index in [1.807, 2.05) is 0 Å². The lowest BCUT2D eigenvalue weighted by atomic mass is 9.73. The summed E-state index contributed by atoms with van der Waals surface area (Å²) in [4.78, 5) is 11.1. The molecule has 3 unspecified atom stereocenters. The van der Waals surface area contributed by atoms with Crippen molar-refractivity contribution in [2.24, 2.45) is 17.3 Å². The number of carbonyl (C=O) groups is 1. The number of aliphatic carboxylic acids is 1. The molecule has 0 saturated carbocycles. The lowest BCUT2D eigenvalue weighted by Crippen LogP contribution is -2.54. The van der Waals surface area contributed by atoms with Gasteiger partial charge < -0.3 is 10.4 Å². The summed E-state index contributed by atoms with van der Waals surface area (Å²) in [6, 6.07) is 0.0937. The molecule has 0 aromatic carbocycles. The second-order valence-electron chi connectivity index (χ2n) is 5.54. The molecule has 1 aliphatic heterocycles. The highest BCUT2D eigenvalue weighted by Gasteiger charge is 2.39. The molecule has 2 N–H and O–H groups in total. The molecular formula is C11H21NO2. The molecule has 1 aliphatic rings. The van der Waals surface area contributed by atoms with E-state index in [0.717, 1.165) is 13.0 Å². The molecule has 0 spiro atoms. The summed E-state index contributed by atoms with van der Waals surface area (Å²) in [5.74, 6) is -0.433. The third kappa shape index (κ3) is 2.47. The Morgan fingerprint density at radius 1 is 1.43 bits per heavy atom. The van der Waals surface area contributed by atoms with E-state index in [1.54, 1.807) is 0 Å². The van der Waals surface area contributed by atoms with Crippen LogP contribution in [0.15, 0.2) is 0 Å². The Kier molecular flexibility index (Phi) is 3.20. The molecule has 82 valence electrons. The fraction of sp³-hybridized carbons (Fsp3) is 0.909. The van der Waals surface area contributed by atoms with Gasteiger partial charge >= 0.3 is 5.97 Å². The lowest BCUT2D eigenvalue weighted by Gasteiger charge is -2.41. The second kappa shape index (κ2) is 3.89. The Hall–Kier alpha value is -0.570. The maximum absolute atomic E-state index is 11.1. The maximum atomic E-state index is 11.1. The molecule has 1 rings (SSSR count). The van der Waals surface area contributed by atoms with Crippen LogP contribution in [0.4, 0.5) is 0 Å². The van der Waals surface area contributed by atoms with Gasteiger partial charge in [0.1, 0.15) is 0 Å². The summed E-state index contributed by atoms with van der Waals surface area (Å²) in [6.07, 6.45) is 0.796. The van der Waals surface area contributed by atoms with Crippen LogP contribution in [0.25, 0.3) is 0 Å². The minimum atomic E-state index is -0.663. The van der Waals surface area contributed by atoms with E-state index in [-0.39, 0.29) is 17.4 Å². The molecule has 3 nitrogen and oxygen atoms in total. The third-order valence-corrected chi connectivity index (χ3v) is 3.00. The summed E-state index contributed by atoms with van der Waals surface area (Å²) >= 11 is 0. The zero-order valence-electron chi connectivity index (χ0n) is 9.50.